The summed E-state index contributed by atoms with van der Waals surface area (Å²) in [5.41, 5.74) is 22.3. The molecular formula is C58H38. The van der Waals surface area contributed by atoms with Crippen LogP contribution in [0.2, 0.25) is 0 Å². The van der Waals surface area contributed by atoms with Crippen LogP contribution in [0.4, 0.5) is 0 Å². The standard InChI is InChI=1S/C58H38/c1-4-15-38(16-5-1)52-36-43-32-31-42(35-53(43)46-22-11-10-21-45(46)52)37-27-29-39(30-28-37)44-33-34-51-56-47(44)25-14-26-50(56)57-54(40-17-6-2-7-18-40)48-23-12-13-24-49(48)55(58(51)57)41-19-8-3-9-20-41/h1-35,52H,36H2. The summed E-state index contributed by atoms with van der Waals surface area (Å²) in [5.74, 6) is 0.370. The van der Waals surface area contributed by atoms with Crippen molar-refractivity contribution in [2.24, 2.45) is 0 Å². The average molecular weight is 735 g/mol. The molecule has 2 aliphatic carbocycles. The highest BCUT2D eigenvalue weighted by molar-refractivity contribution is 6.28. The van der Waals surface area contributed by atoms with Crippen LogP contribution in [-0.2, 0) is 6.42 Å². The van der Waals surface area contributed by atoms with Gasteiger partial charge in [-0.25, -0.2) is 0 Å². The van der Waals surface area contributed by atoms with Crippen molar-refractivity contribution < 1.29 is 0 Å². The van der Waals surface area contributed by atoms with Crippen molar-refractivity contribution in [3.05, 3.63) is 229 Å². The number of hydrogen-bond donors (Lipinski definition) is 0. The van der Waals surface area contributed by atoms with Gasteiger partial charge in [-0.2, -0.15) is 0 Å². The van der Waals surface area contributed by atoms with Gasteiger partial charge in [0.2, 0.25) is 0 Å². The molecule has 0 aromatic heterocycles. The second-order valence-corrected chi connectivity index (χ2v) is 15.9. The summed E-state index contributed by atoms with van der Waals surface area (Å²) >= 11 is 0. The van der Waals surface area contributed by atoms with E-state index >= 15 is 0 Å². The molecule has 0 fully saturated rings. The molecule has 1 unspecified atom stereocenters. The van der Waals surface area contributed by atoms with Crippen molar-refractivity contribution in [3.8, 4) is 77.9 Å². The molecule has 12 rings (SSSR count). The lowest BCUT2D eigenvalue weighted by molar-refractivity contribution is 0.794. The van der Waals surface area contributed by atoms with Crippen molar-refractivity contribution in [1.82, 2.24) is 0 Å². The maximum absolute atomic E-state index is 2.42. The van der Waals surface area contributed by atoms with E-state index in [2.05, 4.69) is 212 Å². The van der Waals surface area contributed by atoms with E-state index in [1.54, 1.807) is 0 Å². The molecule has 0 aliphatic heterocycles. The van der Waals surface area contributed by atoms with Crippen LogP contribution < -0.4 is 0 Å². The Morgan fingerprint density at radius 3 is 1.50 bits per heavy atom. The van der Waals surface area contributed by atoms with Gasteiger partial charge in [-0.15, -0.1) is 0 Å². The highest BCUT2D eigenvalue weighted by atomic mass is 14.3. The van der Waals surface area contributed by atoms with E-state index in [4.69, 9.17) is 0 Å². The first-order valence-electron chi connectivity index (χ1n) is 20.4. The average Bonchev–Trinajstić information content (AvgIpc) is 3.63. The van der Waals surface area contributed by atoms with Crippen LogP contribution in [0, 0.1) is 0 Å². The zero-order valence-electron chi connectivity index (χ0n) is 32.0. The zero-order chi connectivity index (χ0) is 38.2. The molecule has 58 heavy (non-hydrogen) atoms. The molecule has 0 saturated carbocycles. The number of benzene rings is 10. The first kappa shape index (κ1) is 32.9. The van der Waals surface area contributed by atoms with Crippen LogP contribution in [0.5, 0.6) is 0 Å². The minimum atomic E-state index is 0.370. The lowest BCUT2D eigenvalue weighted by atomic mass is 9.75. The van der Waals surface area contributed by atoms with Crippen molar-refractivity contribution >= 4 is 21.5 Å². The van der Waals surface area contributed by atoms with Crippen LogP contribution in [0.3, 0.4) is 0 Å². The van der Waals surface area contributed by atoms with E-state index in [9.17, 15) is 0 Å². The largest absolute Gasteiger partial charge is 0.0622 e. The third-order valence-electron chi connectivity index (χ3n) is 12.8. The summed E-state index contributed by atoms with van der Waals surface area (Å²) in [4.78, 5) is 0. The molecule has 270 valence electrons. The highest BCUT2D eigenvalue weighted by Crippen LogP contribution is 2.58. The van der Waals surface area contributed by atoms with Gasteiger partial charge in [-0.3, -0.25) is 0 Å². The fourth-order valence-corrected chi connectivity index (χ4v) is 10.2. The summed E-state index contributed by atoms with van der Waals surface area (Å²) in [6.07, 6.45) is 1.01. The molecule has 0 amide bonds. The fraction of sp³-hybridized carbons (Fsp3) is 0.0345. The van der Waals surface area contributed by atoms with E-state index in [1.165, 1.54) is 116 Å². The first-order valence-corrected chi connectivity index (χ1v) is 20.4. The Balaban J connectivity index is 0.985. The molecule has 0 N–H and O–H groups in total. The second kappa shape index (κ2) is 13.2. The van der Waals surface area contributed by atoms with Gasteiger partial charge in [0.05, 0.1) is 0 Å². The molecule has 0 saturated heterocycles. The Morgan fingerprint density at radius 1 is 0.293 bits per heavy atom. The number of fused-ring (bicyclic) bond motifs is 7. The van der Waals surface area contributed by atoms with Gasteiger partial charge < -0.3 is 0 Å². The van der Waals surface area contributed by atoms with Crippen molar-refractivity contribution in [1.29, 1.82) is 0 Å². The van der Waals surface area contributed by atoms with E-state index in [1.807, 2.05) is 0 Å². The Hall–Kier alpha value is -7.28. The van der Waals surface area contributed by atoms with Crippen LogP contribution in [0.25, 0.3) is 99.4 Å². The van der Waals surface area contributed by atoms with E-state index in [0.29, 0.717) is 5.92 Å². The summed E-state index contributed by atoms with van der Waals surface area (Å²) in [5, 5.41) is 5.20. The Labute approximate surface area is 339 Å². The minimum Gasteiger partial charge on any atom is -0.0622 e. The van der Waals surface area contributed by atoms with Crippen LogP contribution in [0.1, 0.15) is 22.6 Å². The highest BCUT2D eigenvalue weighted by Gasteiger charge is 2.31. The molecule has 2 aliphatic rings. The van der Waals surface area contributed by atoms with Gasteiger partial charge >= 0.3 is 0 Å². The molecule has 0 nitrogen and oxygen atoms in total. The third-order valence-corrected chi connectivity index (χ3v) is 12.8. The van der Waals surface area contributed by atoms with E-state index in [0.717, 1.165) is 6.42 Å². The fourth-order valence-electron chi connectivity index (χ4n) is 10.2. The van der Waals surface area contributed by atoms with Crippen LogP contribution >= 0.6 is 0 Å². The second-order valence-electron chi connectivity index (χ2n) is 15.9. The minimum absolute atomic E-state index is 0.370. The van der Waals surface area contributed by atoms with Crippen LogP contribution in [0.15, 0.2) is 212 Å². The number of hydrogen-bond acceptors (Lipinski definition) is 0. The lowest BCUT2D eigenvalue weighted by Gasteiger charge is -2.29. The van der Waals surface area contributed by atoms with Gasteiger partial charge in [0.1, 0.15) is 0 Å². The van der Waals surface area contributed by atoms with Gasteiger partial charge in [0.25, 0.3) is 0 Å². The Morgan fingerprint density at radius 2 is 0.810 bits per heavy atom. The normalized spacial score (nSPS) is 13.6. The van der Waals surface area contributed by atoms with Crippen molar-refractivity contribution in [2.45, 2.75) is 12.3 Å². The van der Waals surface area contributed by atoms with Gasteiger partial charge in [0.15, 0.2) is 0 Å². The molecule has 10 aromatic carbocycles. The SMILES string of the molecule is c1ccc(-c2c3c(c(-c4ccccc4)c4ccccc24)-c2ccc(-c4ccc(-c5ccc6c(c5)-c5ccccc5C(c5ccccc5)C6)cc4)c4cccc-3c24)cc1. The molecule has 0 radical (unpaired) electrons. The van der Waals surface area contributed by atoms with E-state index < -0.39 is 0 Å². The first-order chi connectivity index (χ1) is 28.8. The summed E-state index contributed by atoms with van der Waals surface area (Å²) < 4.78 is 0. The maximum atomic E-state index is 2.42. The molecule has 0 bridgehead atoms. The summed E-state index contributed by atoms with van der Waals surface area (Å²) in [6, 6.07) is 78.9. The zero-order valence-corrected chi connectivity index (χ0v) is 32.0. The smallest absolute Gasteiger partial charge is 0.0136 e. The van der Waals surface area contributed by atoms with Gasteiger partial charge in [0, 0.05) is 5.92 Å². The molecule has 1 atom stereocenters. The Kier molecular flexibility index (Phi) is 7.46. The summed E-state index contributed by atoms with van der Waals surface area (Å²) in [7, 11) is 0. The lowest BCUT2D eigenvalue weighted by Crippen LogP contribution is -2.12. The molecule has 0 heteroatoms. The van der Waals surface area contributed by atoms with Crippen LogP contribution in [-0.4, -0.2) is 0 Å². The van der Waals surface area contributed by atoms with Crippen molar-refractivity contribution in [3.63, 3.8) is 0 Å². The predicted molar refractivity (Wildman–Crippen MR) is 245 cm³/mol. The van der Waals surface area contributed by atoms with Crippen molar-refractivity contribution in [2.75, 3.05) is 0 Å². The predicted octanol–water partition coefficient (Wildman–Crippen LogP) is 15.7. The quantitative estimate of drug-likeness (QED) is 0.165. The molecular weight excluding hydrogens is 697 g/mol. The van der Waals surface area contributed by atoms with E-state index in [-0.39, 0.29) is 0 Å². The number of rotatable bonds is 5. The van der Waals surface area contributed by atoms with Gasteiger partial charge in [-0.05, 0) is 129 Å². The monoisotopic (exact) mass is 734 g/mol. The molecule has 10 aromatic rings. The maximum Gasteiger partial charge on any atom is 0.0136 e. The third kappa shape index (κ3) is 5.02. The molecule has 0 spiro atoms. The van der Waals surface area contributed by atoms with Gasteiger partial charge in [-0.1, -0.05) is 206 Å². The Bertz CT molecular complexity index is 3120. The topological polar surface area (TPSA) is 0 Å². The molecule has 0 heterocycles. The summed E-state index contributed by atoms with van der Waals surface area (Å²) in [6.45, 7) is 0.